The maximum atomic E-state index is 12.4. The summed E-state index contributed by atoms with van der Waals surface area (Å²) in [4.78, 5) is 40.1. The minimum Gasteiger partial charge on any atom is -0.476 e. The van der Waals surface area contributed by atoms with Gasteiger partial charge in [-0.1, -0.05) is 30.3 Å². The van der Waals surface area contributed by atoms with E-state index in [1.54, 1.807) is 26.0 Å². The maximum absolute atomic E-state index is 12.4. The molecule has 0 fully saturated rings. The molecule has 0 saturated carbocycles. The van der Waals surface area contributed by atoms with E-state index in [-0.39, 0.29) is 22.9 Å². The number of rotatable bonds is 8. The molecule has 2 aromatic heterocycles. The molecule has 0 aliphatic carbocycles. The number of anilines is 1. The molecule has 1 aromatic carbocycles. The molecule has 0 atom stereocenters. The summed E-state index contributed by atoms with van der Waals surface area (Å²) in [6.45, 7) is 3.00. The normalized spacial score (nSPS) is 10.4. The van der Waals surface area contributed by atoms with Crippen molar-refractivity contribution in [1.29, 1.82) is 0 Å². The summed E-state index contributed by atoms with van der Waals surface area (Å²) in [5, 5.41) is 13.8. The molecule has 1 amide bonds. The fraction of sp³-hybridized carbons (Fsp3) is 0.190. The van der Waals surface area contributed by atoms with Gasteiger partial charge in [0.05, 0.1) is 12.3 Å². The van der Waals surface area contributed by atoms with Gasteiger partial charge in [0.2, 0.25) is 5.75 Å². The number of hydrogen-bond donors (Lipinski definition) is 1. The highest BCUT2D eigenvalue weighted by atomic mass is 32.1. The van der Waals surface area contributed by atoms with Crippen LogP contribution in [0.4, 0.5) is 11.5 Å². The van der Waals surface area contributed by atoms with E-state index < -0.39 is 29.2 Å². The van der Waals surface area contributed by atoms with Crippen molar-refractivity contribution in [3.8, 4) is 16.2 Å². The number of ether oxygens (including phenoxy) is 2. The van der Waals surface area contributed by atoms with Crippen LogP contribution in [0.1, 0.15) is 22.3 Å². The van der Waals surface area contributed by atoms with Crippen LogP contribution in [0.3, 0.4) is 0 Å². The molecule has 160 valence electrons. The Morgan fingerprint density at radius 1 is 1.19 bits per heavy atom. The molecule has 2 heterocycles. The third kappa shape index (κ3) is 5.43. The first kappa shape index (κ1) is 21.9. The van der Waals surface area contributed by atoms with Crippen LogP contribution in [0.25, 0.3) is 10.4 Å². The highest BCUT2D eigenvalue weighted by Crippen LogP contribution is 2.35. The first-order valence-electron chi connectivity index (χ1n) is 9.30. The molecular weight excluding hydrogens is 422 g/mol. The Bertz CT molecular complexity index is 1110. The molecule has 0 bridgehead atoms. The van der Waals surface area contributed by atoms with E-state index in [9.17, 15) is 19.7 Å². The Morgan fingerprint density at radius 2 is 1.94 bits per heavy atom. The summed E-state index contributed by atoms with van der Waals surface area (Å²) in [5.41, 5.74) is 1.62. The number of aromatic nitrogens is 1. The van der Waals surface area contributed by atoms with Crippen molar-refractivity contribution >= 4 is 34.7 Å². The number of carbonyl (C=O) groups excluding carboxylic acids is 2. The second-order valence-electron chi connectivity index (χ2n) is 6.31. The number of thiophene rings is 1. The molecule has 0 unspecified atom stereocenters. The highest BCUT2D eigenvalue weighted by Gasteiger charge is 2.22. The van der Waals surface area contributed by atoms with E-state index >= 15 is 0 Å². The number of carbonyl (C=O) groups is 2. The predicted molar refractivity (Wildman–Crippen MR) is 115 cm³/mol. The van der Waals surface area contributed by atoms with Gasteiger partial charge in [0.1, 0.15) is 10.6 Å². The first-order valence-corrected chi connectivity index (χ1v) is 10.1. The van der Waals surface area contributed by atoms with Gasteiger partial charge in [0.15, 0.2) is 6.61 Å². The zero-order valence-corrected chi connectivity index (χ0v) is 17.6. The maximum Gasteiger partial charge on any atom is 0.406 e. The van der Waals surface area contributed by atoms with Gasteiger partial charge in [-0.15, -0.1) is 11.3 Å². The van der Waals surface area contributed by atoms with Crippen molar-refractivity contribution in [3.05, 3.63) is 69.2 Å². The van der Waals surface area contributed by atoms with E-state index in [2.05, 4.69) is 10.3 Å². The van der Waals surface area contributed by atoms with Crippen molar-refractivity contribution in [2.45, 2.75) is 13.8 Å². The van der Waals surface area contributed by atoms with Gasteiger partial charge in [-0.2, -0.15) is 0 Å². The number of esters is 1. The van der Waals surface area contributed by atoms with Crippen molar-refractivity contribution in [3.63, 3.8) is 0 Å². The van der Waals surface area contributed by atoms with E-state index in [1.165, 1.54) is 17.4 Å². The van der Waals surface area contributed by atoms with Crippen molar-refractivity contribution in [2.75, 3.05) is 18.5 Å². The minimum absolute atomic E-state index is 0.119. The van der Waals surface area contributed by atoms with Crippen molar-refractivity contribution in [2.24, 2.45) is 0 Å². The summed E-state index contributed by atoms with van der Waals surface area (Å²) in [6, 6.07) is 14.0. The quantitative estimate of drug-likeness (QED) is 0.316. The molecule has 0 radical (unpaired) electrons. The zero-order chi connectivity index (χ0) is 22.4. The van der Waals surface area contributed by atoms with E-state index in [1.807, 2.05) is 30.3 Å². The Kier molecular flexibility index (Phi) is 6.93. The monoisotopic (exact) mass is 441 g/mol. The number of nitrogens with one attached hydrogen (secondary N) is 1. The van der Waals surface area contributed by atoms with Crippen LogP contribution in [-0.2, 0) is 9.53 Å². The molecule has 3 aromatic rings. The lowest BCUT2D eigenvalue weighted by Crippen LogP contribution is -2.21. The van der Waals surface area contributed by atoms with Gasteiger partial charge in [0, 0.05) is 11.8 Å². The topological polar surface area (TPSA) is 121 Å². The lowest BCUT2D eigenvalue weighted by atomic mass is 10.2. The number of nitrogens with zero attached hydrogens (tertiary/aromatic N) is 2. The van der Waals surface area contributed by atoms with E-state index in [4.69, 9.17) is 9.47 Å². The average Bonchev–Trinajstić information content (AvgIpc) is 3.17. The second-order valence-corrected chi connectivity index (χ2v) is 7.36. The summed E-state index contributed by atoms with van der Waals surface area (Å²) < 4.78 is 10.4. The summed E-state index contributed by atoms with van der Waals surface area (Å²) in [5.74, 6) is -1.73. The average molecular weight is 441 g/mol. The lowest BCUT2D eigenvalue weighted by molar-refractivity contribution is -0.390. The van der Waals surface area contributed by atoms with Crippen molar-refractivity contribution in [1.82, 2.24) is 4.98 Å². The van der Waals surface area contributed by atoms with Crippen LogP contribution in [0, 0.1) is 17.0 Å². The van der Waals surface area contributed by atoms with Gasteiger partial charge in [-0.05, 0) is 40.6 Å². The Hall–Kier alpha value is -3.79. The number of hydrogen-bond acceptors (Lipinski definition) is 8. The standard InChI is InChI=1S/C21H19N3O6S/c1-3-29-21(26)19-15(11-17(31-19)14-7-5-4-6-8-14)23-18(25)12-30-16-10-9-13(2)22-20(16)24(27)28/h4-11H,3,12H2,1-2H3,(H,23,25). The van der Waals surface area contributed by atoms with Crippen LogP contribution in [0.2, 0.25) is 0 Å². The van der Waals surface area contributed by atoms with Crippen LogP contribution in [0.5, 0.6) is 5.75 Å². The molecular formula is C21H19N3O6S. The molecule has 0 aliphatic heterocycles. The number of amides is 1. The number of benzene rings is 1. The zero-order valence-electron chi connectivity index (χ0n) is 16.8. The lowest BCUT2D eigenvalue weighted by Gasteiger charge is -2.08. The highest BCUT2D eigenvalue weighted by molar-refractivity contribution is 7.18. The molecule has 1 N–H and O–H groups in total. The smallest absolute Gasteiger partial charge is 0.406 e. The third-order valence-electron chi connectivity index (χ3n) is 4.04. The Labute approximate surface area is 181 Å². The second kappa shape index (κ2) is 9.81. The molecule has 0 saturated heterocycles. The minimum atomic E-state index is -0.676. The Balaban J connectivity index is 1.78. The summed E-state index contributed by atoms with van der Waals surface area (Å²) in [7, 11) is 0. The fourth-order valence-corrected chi connectivity index (χ4v) is 3.69. The number of nitro groups is 1. The number of aryl methyl sites for hydroxylation is 1. The van der Waals surface area contributed by atoms with Crippen LogP contribution in [0.15, 0.2) is 48.5 Å². The third-order valence-corrected chi connectivity index (χ3v) is 5.20. The predicted octanol–water partition coefficient (Wildman–Crippen LogP) is 4.22. The molecule has 0 spiro atoms. The molecule has 3 rings (SSSR count). The van der Waals surface area contributed by atoms with E-state index in [0.29, 0.717) is 5.69 Å². The molecule has 0 aliphatic rings. The van der Waals surface area contributed by atoms with Crippen LogP contribution >= 0.6 is 11.3 Å². The summed E-state index contributed by atoms with van der Waals surface area (Å²) >= 11 is 1.20. The largest absolute Gasteiger partial charge is 0.476 e. The number of pyridine rings is 1. The van der Waals surface area contributed by atoms with Crippen molar-refractivity contribution < 1.29 is 24.0 Å². The Morgan fingerprint density at radius 3 is 2.61 bits per heavy atom. The first-order chi connectivity index (χ1) is 14.9. The summed E-state index contributed by atoms with van der Waals surface area (Å²) in [6.07, 6.45) is 0. The molecule has 9 nitrogen and oxygen atoms in total. The van der Waals surface area contributed by atoms with Gasteiger partial charge < -0.3 is 24.9 Å². The molecule has 31 heavy (non-hydrogen) atoms. The molecule has 10 heteroatoms. The van der Waals surface area contributed by atoms with Gasteiger partial charge in [-0.25, -0.2) is 4.79 Å². The fourth-order valence-electron chi connectivity index (χ4n) is 2.68. The van der Waals surface area contributed by atoms with Gasteiger partial charge in [0.25, 0.3) is 5.91 Å². The van der Waals surface area contributed by atoms with Crippen LogP contribution < -0.4 is 10.1 Å². The van der Waals surface area contributed by atoms with Gasteiger partial charge in [-0.3, -0.25) is 4.79 Å². The van der Waals surface area contributed by atoms with Crippen LogP contribution in [-0.4, -0.2) is 35.0 Å². The van der Waals surface area contributed by atoms with E-state index in [0.717, 1.165) is 10.4 Å². The van der Waals surface area contributed by atoms with Gasteiger partial charge >= 0.3 is 11.8 Å². The SMILES string of the molecule is CCOC(=O)c1sc(-c2ccccc2)cc1NC(=O)COc1ccc(C)nc1[N+](=O)[O-].